The fourth-order valence-corrected chi connectivity index (χ4v) is 0.614. The number of ether oxygens (including phenoxy) is 2. The Morgan fingerprint density at radius 2 is 1.50 bits per heavy atom. The van der Waals surface area contributed by atoms with Crippen molar-refractivity contribution in [1.82, 2.24) is 0 Å². The second kappa shape index (κ2) is 8.46. The van der Waals surface area contributed by atoms with Crippen LogP contribution in [-0.4, -0.2) is 32.5 Å². The highest BCUT2D eigenvalue weighted by molar-refractivity contribution is 4.66. The van der Waals surface area contributed by atoms with Gasteiger partial charge in [-0.15, -0.1) is 13.2 Å². The Morgan fingerprint density at radius 3 is 1.83 bits per heavy atom. The van der Waals surface area contributed by atoms with Gasteiger partial charge in [0.15, 0.2) is 0 Å². The lowest BCUT2D eigenvalue weighted by Gasteiger charge is -2.07. The Hall–Kier alpha value is -0.640. The molecule has 0 rings (SSSR count). The van der Waals surface area contributed by atoms with Gasteiger partial charge in [0.25, 0.3) is 0 Å². The van der Waals surface area contributed by atoms with Crippen LogP contribution in [0, 0.1) is 0 Å². The number of hydrogen-bond donors (Lipinski definition) is 0. The molecule has 0 aromatic carbocycles. The van der Waals surface area contributed by atoms with E-state index in [1.54, 1.807) is 12.2 Å². The molecule has 0 amide bonds. The molecule has 0 aromatic heterocycles. The van der Waals surface area contributed by atoms with Crippen LogP contribution in [0.1, 0.15) is 0 Å². The molecule has 0 saturated heterocycles. The summed E-state index contributed by atoms with van der Waals surface area (Å²) in [4.78, 5) is 0. The van der Waals surface area contributed by atoms with Gasteiger partial charge in [-0.25, -0.2) is 5.11 Å². The standard InChI is InChI=1S/C9H15O3/c1-3-5-11-7-9(10)8-12-6-4-2/h3-4,9H,1-2,5-8H2. The summed E-state index contributed by atoms with van der Waals surface area (Å²) in [6, 6.07) is 0. The molecule has 0 N–H and O–H groups in total. The van der Waals surface area contributed by atoms with E-state index in [2.05, 4.69) is 13.2 Å². The maximum Gasteiger partial charge on any atom is 0.139 e. The van der Waals surface area contributed by atoms with Crippen molar-refractivity contribution in [3.8, 4) is 0 Å². The first-order valence-corrected chi connectivity index (χ1v) is 3.84. The summed E-state index contributed by atoms with van der Waals surface area (Å²) in [6.07, 6.45) is 2.40. The van der Waals surface area contributed by atoms with Gasteiger partial charge < -0.3 is 9.47 Å². The summed E-state index contributed by atoms with van der Waals surface area (Å²) in [7, 11) is 0. The fraction of sp³-hybridized carbons (Fsp3) is 0.556. The van der Waals surface area contributed by atoms with E-state index in [1.807, 2.05) is 0 Å². The third-order valence-corrected chi connectivity index (χ3v) is 1.08. The van der Waals surface area contributed by atoms with Crippen LogP contribution in [0.4, 0.5) is 0 Å². The molecular formula is C9H15O3. The molecule has 0 aliphatic heterocycles. The van der Waals surface area contributed by atoms with Gasteiger partial charge in [0.1, 0.15) is 6.10 Å². The lowest BCUT2D eigenvalue weighted by atomic mass is 10.4. The van der Waals surface area contributed by atoms with Crippen LogP contribution in [0.2, 0.25) is 0 Å². The molecule has 0 unspecified atom stereocenters. The van der Waals surface area contributed by atoms with Crippen molar-refractivity contribution in [3.63, 3.8) is 0 Å². The molecule has 0 saturated carbocycles. The van der Waals surface area contributed by atoms with Crippen LogP contribution in [-0.2, 0) is 14.6 Å². The van der Waals surface area contributed by atoms with Crippen molar-refractivity contribution in [3.05, 3.63) is 25.3 Å². The Morgan fingerprint density at radius 1 is 1.08 bits per heavy atom. The zero-order valence-corrected chi connectivity index (χ0v) is 7.20. The Balaban J connectivity index is 3.14. The molecule has 0 bridgehead atoms. The van der Waals surface area contributed by atoms with Gasteiger partial charge in [-0.2, -0.15) is 0 Å². The van der Waals surface area contributed by atoms with Crippen LogP contribution >= 0.6 is 0 Å². The Labute approximate surface area is 73.3 Å². The predicted octanol–water partition coefficient (Wildman–Crippen LogP) is 1.19. The maximum absolute atomic E-state index is 11.0. The smallest absolute Gasteiger partial charge is 0.139 e. The molecular weight excluding hydrogens is 156 g/mol. The van der Waals surface area contributed by atoms with Gasteiger partial charge in [-0.3, -0.25) is 0 Å². The lowest BCUT2D eigenvalue weighted by Crippen LogP contribution is -2.20. The SMILES string of the molecule is C=CCOCC([O])COCC=C. The topological polar surface area (TPSA) is 38.4 Å². The van der Waals surface area contributed by atoms with Crippen molar-refractivity contribution >= 4 is 0 Å². The minimum absolute atomic E-state index is 0.170. The van der Waals surface area contributed by atoms with E-state index in [1.165, 1.54) is 0 Å². The highest BCUT2D eigenvalue weighted by Gasteiger charge is 2.04. The molecule has 1 radical (unpaired) electrons. The monoisotopic (exact) mass is 171 g/mol. The van der Waals surface area contributed by atoms with Crippen molar-refractivity contribution in [1.29, 1.82) is 0 Å². The van der Waals surface area contributed by atoms with Gasteiger partial charge in [-0.05, 0) is 0 Å². The van der Waals surface area contributed by atoms with Crippen molar-refractivity contribution in [2.24, 2.45) is 0 Å². The average molecular weight is 171 g/mol. The second-order valence-electron chi connectivity index (χ2n) is 2.27. The quantitative estimate of drug-likeness (QED) is 0.406. The Kier molecular flexibility index (Phi) is 8.01. The van der Waals surface area contributed by atoms with Gasteiger partial charge >= 0.3 is 0 Å². The molecule has 0 aliphatic carbocycles. The molecule has 0 spiro atoms. The first-order valence-electron chi connectivity index (χ1n) is 3.84. The summed E-state index contributed by atoms with van der Waals surface area (Å²) in [5.41, 5.74) is 0. The second-order valence-corrected chi connectivity index (χ2v) is 2.27. The zero-order valence-electron chi connectivity index (χ0n) is 7.20. The van der Waals surface area contributed by atoms with Crippen LogP contribution in [0.3, 0.4) is 0 Å². The maximum atomic E-state index is 11.0. The predicted molar refractivity (Wildman–Crippen MR) is 46.5 cm³/mol. The third kappa shape index (κ3) is 7.47. The van der Waals surface area contributed by atoms with E-state index < -0.39 is 6.10 Å². The third-order valence-electron chi connectivity index (χ3n) is 1.08. The molecule has 3 heteroatoms. The molecule has 3 nitrogen and oxygen atoms in total. The molecule has 0 fully saturated rings. The van der Waals surface area contributed by atoms with E-state index in [0.29, 0.717) is 13.2 Å². The van der Waals surface area contributed by atoms with Gasteiger partial charge in [0.2, 0.25) is 0 Å². The van der Waals surface area contributed by atoms with Gasteiger partial charge in [0.05, 0.1) is 26.4 Å². The number of hydrogen-bond acceptors (Lipinski definition) is 2. The fourth-order valence-electron chi connectivity index (χ4n) is 0.614. The molecule has 0 heterocycles. The highest BCUT2D eigenvalue weighted by Crippen LogP contribution is 1.88. The number of rotatable bonds is 8. The summed E-state index contributed by atoms with van der Waals surface area (Å²) in [6.45, 7) is 8.10. The summed E-state index contributed by atoms with van der Waals surface area (Å²) in [5, 5.41) is 11.0. The molecule has 0 aromatic rings. The van der Waals surface area contributed by atoms with Crippen molar-refractivity contribution < 1.29 is 14.6 Å². The normalized spacial score (nSPS) is 10.2. The lowest BCUT2D eigenvalue weighted by molar-refractivity contribution is -0.0426. The average Bonchev–Trinajstić information content (AvgIpc) is 2.06. The summed E-state index contributed by atoms with van der Waals surface area (Å²) in [5.74, 6) is 0. The first kappa shape index (κ1) is 11.4. The van der Waals surface area contributed by atoms with Crippen LogP contribution in [0.25, 0.3) is 0 Å². The van der Waals surface area contributed by atoms with Crippen LogP contribution < -0.4 is 0 Å². The van der Waals surface area contributed by atoms with Crippen molar-refractivity contribution in [2.45, 2.75) is 6.10 Å². The van der Waals surface area contributed by atoms with Gasteiger partial charge in [-0.1, -0.05) is 12.2 Å². The van der Waals surface area contributed by atoms with Crippen LogP contribution in [0.15, 0.2) is 25.3 Å². The Bertz CT molecular complexity index is 109. The van der Waals surface area contributed by atoms with E-state index in [4.69, 9.17) is 9.47 Å². The zero-order chi connectivity index (χ0) is 9.23. The van der Waals surface area contributed by atoms with Crippen LogP contribution in [0.5, 0.6) is 0 Å². The van der Waals surface area contributed by atoms with Gasteiger partial charge in [0, 0.05) is 0 Å². The molecule has 0 atom stereocenters. The minimum Gasteiger partial charge on any atom is -0.374 e. The van der Waals surface area contributed by atoms with E-state index >= 15 is 0 Å². The van der Waals surface area contributed by atoms with E-state index in [-0.39, 0.29) is 13.2 Å². The first-order chi connectivity index (χ1) is 5.81. The summed E-state index contributed by atoms with van der Waals surface area (Å²) >= 11 is 0. The summed E-state index contributed by atoms with van der Waals surface area (Å²) < 4.78 is 9.88. The largest absolute Gasteiger partial charge is 0.374 e. The molecule has 69 valence electrons. The van der Waals surface area contributed by atoms with E-state index in [0.717, 1.165) is 0 Å². The highest BCUT2D eigenvalue weighted by atomic mass is 16.5. The molecule has 12 heavy (non-hydrogen) atoms. The van der Waals surface area contributed by atoms with E-state index in [9.17, 15) is 5.11 Å². The van der Waals surface area contributed by atoms with Crippen molar-refractivity contribution in [2.75, 3.05) is 26.4 Å². The molecule has 0 aliphatic rings. The minimum atomic E-state index is -0.815.